The molecule has 0 heterocycles. The highest BCUT2D eigenvalue weighted by atomic mass is 16.5. The average Bonchev–Trinajstić information content (AvgIpc) is 2.33. The van der Waals surface area contributed by atoms with Crippen molar-refractivity contribution < 1.29 is 4.74 Å². The van der Waals surface area contributed by atoms with Gasteiger partial charge in [0.2, 0.25) is 0 Å². The third-order valence-electron chi connectivity index (χ3n) is 2.45. The second kappa shape index (κ2) is 5.35. The van der Waals surface area contributed by atoms with Crippen molar-refractivity contribution in [3.8, 4) is 11.5 Å². The number of ether oxygens (including phenoxy) is 1. The summed E-state index contributed by atoms with van der Waals surface area (Å²) in [7, 11) is 0. The molecule has 0 aromatic heterocycles. The summed E-state index contributed by atoms with van der Waals surface area (Å²) in [5, 5.41) is 0. The number of rotatable bonds is 3. The molecule has 2 rings (SSSR count). The lowest BCUT2D eigenvalue weighted by molar-refractivity contribution is 0.478. The molecule has 0 N–H and O–H groups in total. The molecular weight excluding hydrogens is 208 g/mol. The molecule has 1 heteroatoms. The molecule has 0 aliphatic carbocycles. The summed E-state index contributed by atoms with van der Waals surface area (Å²) >= 11 is 0. The summed E-state index contributed by atoms with van der Waals surface area (Å²) in [5.74, 6) is 1.62. The first kappa shape index (κ1) is 11.5. The third-order valence-corrected chi connectivity index (χ3v) is 2.45. The van der Waals surface area contributed by atoms with Gasteiger partial charge in [-0.3, -0.25) is 0 Å². The van der Waals surface area contributed by atoms with Crippen LogP contribution in [0, 0.1) is 13.0 Å². The van der Waals surface area contributed by atoms with E-state index in [1.165, 1.54) is 0 Å². The molecule has 2 aromatic rings. The molecule has 0 atom stereocenters. The summed E-state index contributed by atoms with van der Waals surface area (Å²) in [4.78, 5) is 0. The van der Waals surface area contributed by atoms with Crippen LogP contribution in [0.25, 0.3) is 6.08 Å². The average molecular weight is 223 g/mol. The van der Waals surface area contributed by atoms with Crippen molar-refractivity contribution in [1.82, 2.24) is 0 Å². The van der Waals surface area contributed by atoms with E-state index in [1.807, 2.05) is 68.5 Å². The van der Waals surface area contributed by atoms with Gasteiger partial charge in [0, 0.05) is 6.07 Å². The maximum Gasteiger partial charge on any atom is 0.136 e. The van der Waals surface area contributed by atoms with Crippen LogP contribution in [0.1, 0.15) is 18.1 Å². The molecule has 0 spiro atoms. The van der Waals surface area contributed by atoms with Crippen LogP contribution in [0.4, 0.5) is 0 Å². The third kappa shape index (κ3) is 2.97. The molecule has 17 heavy (non-hydrogen) atoms. The van der Waals surface area contributed by atoms with Crippen LogP contribution >= 0.6 is 0 Å². The van der Waals surface area contributed by atoms with E-state index >= 15 is 0 Å². The number of para-hydroxylation sites is 1. The molecule has 85 valence electrons. The van der Waals surface area contributed by atoms with Gasteiger partial charge in [0.25, 0.3) is 0 Å². The predicted octanol–water partition coefficient (Wildman–Crippen LogP) is 4.62. The first-order chi connectivity index (χ1) is 8.29. The number of aryl methyl sites for hydroxylation is 1. The van der Waals surface area contributed by atoms with Crippen molar-refractivity contribution in [3.05, 3.63) is 65.7 Å². The summed E-state index contributed by atoms with van der Waals surface area (Å²) in [5.41, 5.74) is 2.15. The zero-order valence-corrected chi connectivity index (χ0v) is 10.1. The molecule has 0 bridgehead atoms. The number of hydrogen-bond acceptors (Lipinski definition) is 1. The van der Waals surface area contributed by atoms with Crippen LogP contribution in [0.2, 0.25) is 0 Å². The second-order valence-corrected chi connectivity index (χ2v) is 3.84. The van der Waals surface area contributed by atoms with Gasteiger partial charge in [-0.2, -0.15) is 0 Å². The van der Waals surface area contributed by atoms with Gasteiger partial charge in [-0.1, -0.05) is 42.5 Å². The SMILES string of the molecule is CC=Cc1[c]c(Oc2ccccc2C)ccc1. The van der Waals surface area contributed by atoms with E-state index in [4.69, 9.17) is 4.74 Å². The fraction of sp³-hybridized carbons (Fsp3) is 0.125. The zero-order chi connectivity index (χ0) is 12.1. The van der Waals surface area contributed by atoms with Gasteiger partial charge in [-0.15, -0.1) is 0 Å². The van der Waals surface area contributed by atoms with E-state index < -0.39 is 0 Å². The molecule has 0 aliphatic heterocycles. The number of hydrogen-bond donors (Lipinski definition) is 0. The van der Waals surface area contributed by atoms with Crippen LogP contribution in [0.3, 0.4) is 0 Å². The first-order valence-corrected chi connectivity index (χ1v) is 5.68. The Morgan fingerprint density at radius 2 is 1.88 bits per heavy atom. The highest BCUT2D eigenvalue weighted by Crippen LogP contribution is 2.24. The van der Waals surface area contributed by atoms with Gasteiger partial charge in [-0.25, -0.2) is 0 Å². The van der Waals surface area contributed by atoms with Crippen LogP contribution < -0.4 is 4.74 Å². The number of allylic oxidation sites excluding steroid dienone is 1. The summed E-state index contributed by atoms with van der Waals surface area (Å²) in [6.45, 7) is 4.02. The maximum absolute atomic E-state index is 5.81. The van der Waals surface area contributed by atoms with E-state index in [0.717, 1.165) is 22.6 Å². The van der Waals surface area contributed by atoms with Crippen molar-refractivity contribution >= 4 is 6.08 Å². The van der Waals surface area contributed by atoms with Crippen molar-refractivity contribution in [1.29, 1.82) is 0 Å². The molecule has 0 unspecified atom stereocenters. The van der Waals surface area contributed by atoms with Gasteiger partial charge < -0.3 is 4.74 Å². The molecule has 0 saturated carbocycles. The second-order valence-electron chi connectivity index (χ2n) is 3.84. The summed E-state index contributed by atoms with van der Waals surface area (Å²) < 4.78 is 5.81. The highest BCUT2D eigenvalue weighted by Gasteiger charge is 2.00. The van der Waals surface area contributed by atoms with Gasteiger partial charge >= 0.3 is 0 Å². The molecule has 1 nitrogen and oxygen atoms in total. The van der Waals surface area contributed by atoms with E-state index in [9.17, 15) is 0 Å². The Hall–Kier alpha value is -2.02. The number of benzene rings is 2. The van der Waals surface area contributed by atoms with E-state index in [0.29, 0.717) is 0 Å². The molecule has 0 fully saturated rings. The largest absolute Gasteiger partial charge is 0.456 e. The topological polar surface area (TPSA) is 9.23 Å². The van der Waals surface area contributed by atoms with Crippen molar-refractivity contribution in [2.45, 2.75) is 13.8 Å². The minimum absolute atomic E-state index is 0.745. The Morgan fingerprint density at radius 3 is 2.65 bits per heavy atom. The van der Waals surface area contributed by atoms with E-state index in [1.54, 1.807) is 0 Å². The monoisotopic (exact) mass is 223 g/mol. The Labute approximate surface area is 102 Å². The van der Waals surface area contributed by atoms with Crippen molar-refractivity contribution in [2.75, 3.05) is 0 Å². The van der Waals surface area contributed by atoms with Gasteiger partial charge in [0.15, 0.2) is 0 Å². The highest BCUT2D eigenvalue weighted by molar-refractivity contribution is 5.51. The fourth-order valence-corrected chi connectivity index (χ4v) is 1.59. The van der Waals surface area contributed by atoms with Gasteiger partial charge in [0.1, 0.15) is 11.5 Å². The van der Waals surface area contributed by atoms with Crippen LogP contribution in [0.15, 0.2) is 48.5 Å². The van der Waals surface area contributed by atoms with Crippen molar-refractivity contribution in [2.24, 2.45) is 0 Å². The summed E-state index contributed by atoms with van der Waals surface area (Å²) in [6, 6.07) is 17.1. The van der Waals surface area contributed by atoms with Crippen LogP contribution in [-0.4, -0.2) is 0 Å². The van der Waals surface area contributed by atoms with Crippen LogP contribution in [-0.2, 0) is 0 Å². The predicted molar refractivity (Wildman–Crippen MR) is 71.2 cm³/mol. The van der Waals surface area contributed by atoms with Crippen LogP contribution in [0.5, 0.6) is 11.5 Å². The lowest BCUT2D eigenvalue weighted by Gasteiger charge is -2.08. The minimum Gasteiger partial charge on any atom is -0.456 e. The zero-order valence-electron chi connectivity index (χ0n) is 10.1. The van der Waals surface area contributed by atoms with Gasteiger partial charge in [-0.05, 0) is 37.1 Å². The minimum atomic E-state index is 0.745. The molecule has 1 radical (unpaired) electrons. The van der Waals surface area contributed by atoms with E-state index in [-0.39, 0.29) is 0 Å². The maximum atomic E-state index is 5.81. The Balaban J connectivity index is 2.24. The molecule has 0 amide bonds. The molecule has 0 saturated heterocycles. The summed E-state index contributed by atoms with van der Waals surface area (Å²) in [6.07, 6.45) is 3.99. The first-order valence-electron chi connectivity index (χ1n) is 5.68. The van der Waals surface area contributed by atoms with E-state index in [2.05, 4.69) is 6.07 Å². The quantitative estimate of drug-likeness (QED) is 0.737. The smallest absolute Gasteiger partial charge is 0.136 e. The van der Waals surface area contributed by atoms with Gasteiger partial charge in [0.05, 0.1) is 0 Å². The Morgan fingerprint density at radius 1 is 1.06 bits per heavy atom. The standard InChI is InChI=1S/C16H15O/c1-3-7-14-9-6-10-15(12-14)17-16-11-5-4-8-13(16)2/h3-11H,1-2H3. The Kier molecular flexibility index (Phi) is 3.61. The lowest BCUT2D eigenvalue weighted by atomic mass is 10.2. The Bertz CT molecular complexity index is 527. The normalized spacial score (nSPS) is 10.7. The molecular formula is C16H15O. The fourth-order valence-electron chi connectivity index (χ4n) is 1.59. The molecule has 2 aromatic carbocycles. The van der Waals surface area contributed by atoms with Crippen molar-refractivity contribution in [3.63, 3.8) is 0 Å². The lowest BCUT2D eigenvalue weighted by Crippen LogP contribution is -1.87. The molecule has 0 aliphatic rings.